The molecule has 2 fully saturated rings. The normalized spacial score (nSPS) is 27.3. The first-order chi connectivity index (χ1) is 12.5. The highest BCUT2D eigenvalue weighted by Gasteiger charge is 2.58. The maximum atomic E-state index is 13.0. The molecule has 3 aromatic rings. The molecule has 0 spiro atoms. The van der Waals surface area contributed by atoms with Gasteiger partial charge in [0.1, 0.15) is 0 Å². The Bertz CT molecular complexity index is 964. The molecule has 0 aromatic carbocycles. The number of hydrogen-bond donors (Lipinski definition) is 1. The minimum atomic E-state index is -4.06. The Labute approximate surface area is 148 Å². The lowest BCUT2D eigenvalue weighted by Gasteiger charge is -2.34. The van der Waals surface area contributed by atoms with Crippen molar-refractivity contribution in [2.24, 2.45) is 5.92 Å². The van der Waals surface area contributed by atoms with Gasteiger partial charge in [0.2, 0.25) is 0 Å². The number of aromatic nitrogens is 3. The maximum absolute atomic E-state index is 13.0. The van der Waals surface area contributed by atoms with Crippen molar-refractivity contribution in [1.29, 1.82) is 0 Å². The van der Waals surface area contributed by atoms with E-state index < -0.39 is 12.1 Å². The van der Waals surface area contributed by atoms with E-state index in [-0.39, 0.29) is 18.4 Å². The predicted molar refractivity (Wildman–Crippen MR) is 92.9 cm³/mol. The average Bonchev–Trinajstić information content (AvgIpc) is 3.32. The first kappa shape index (κ1) is 16.1. The smallest absolute Gasteiger partial charge is 0.360 e. The van der Waals surface area contributed by atoms with Crippen LogP contribution in [-0.4, -0.2) is 45.2 Å². The zero-order valence-electron chi connectivity index (χ0n) is 14.1. The van der Waals surface area contributed by atoms with E-state index in [1.165, 1.54) is 5.56 Å². The van der Waals surface area contributed by atoms with E-state index in [0.717, 1.165) is 35.7 Å². The van der Waals surface area contributed by atoms with Crippen LogP contribution in [0.4, 0.5) is 13.2 Å². The lowest BCUT2D eigenvalue weighted by molar-refractivity contribution is -0.152. The molecule has 4 heterocycles. The molecule has 1 saturated heterocycles. The number of hydrogen-bond acceptors (Lipinski definition) is 3. The van der Waals surface area contributed by atoms with Crippen LogP contribution in [0, 0.1) is 5.92 Å². The number of H-pyrrole nitrogens is 1. The van der Waals surface area contributed by atoms with Crippen molar-refractivity contribution in [2.75, 3.05) is 13.1 Å². The van der Waals surface area contributed by atoms with Crippen LogP contribution in [0.1, 0.15) is 30.7 Å². The van der Waals surface area contributed by atoms with E-state index in [9.17, 15) is 13.2 Å². The summed E-state index contributed by atoms with van der Waals surface area (Å²) in [5, 5.41) is 2.11. The largest absolute Gasteiger partial charge is 0.393 e. The molecular weight excluding hydrogens is 341 g/mol. The fraction of sp³-hybridized carbons (Fsp3) is 0.474. The monoisotopic (exact) mass is 360 g/mol. The van der Waals surface area contributed by atoms with Crippen molar-refractivity contribution in [1.82, 2.24) is 19.9 Å². The molecule has 1 N–H and O–H groups in total. The number of halogens is 3. The second kappa shape index (κ2) is 5.67. The molecule has 2 aliphatic rings. The molecule has 1 aliphatic carbocycles. The Hall–Kier alpha value is -2.15. The van der Waals surface area contributed by atoms with Gasteiger partial charge in [-0.1, -0.05) is 0 Å². The molecule has 1 saturated carbocycles. The lowest BCUT2D eigenvalue weighted by atomic mass is 9.88. The molecule has 7 heteroatoms. The molecule has 0 amide bonds. The molecule has 1 aliphatic heterocycles. The summed E-state index contributed by atoms with van der Waals surface area (Å²) in [5.74, 6) is -0.909. The molecule has 0 radical (unpaired) electrons. The van der Waals surface area contributed by atoms with Crippen LogP contribution >= 0.6 is 0 Å². The Morgan fingerprint density at radius 3 is 2.88 bits per heavy atom. The van der Waals surface area contributed by atoms with E-state index >= 15 is 0 Å². The third-order valence-corrected chi connectivity index (χ3v) is 5.86. The van der Waals surface area contributed by atoms with Gasteiger partial charge in [0, 0.05) is 35.8 Å². The van der Waals surface area contributed by atoms with Crippen LogP contribution in [-0.2, 0) is 0 Å². The molecular formula is C19H19F3N4. The number of fused-ring (bicyclic) bond motifs is 3. The summed E-state index contributed by atoms with van der Waals surface area (Å²) < 4.78 is 38.9. The minimum Gasteiger partial charge on any atom is -0.360 e. The highest BCUT2D eigenvalue weighted by atomic mass is 19.4. The number of nitrogens with one attached hydrogen (secondary N) is 1. The van der Waals surface area contributed by atoms with Gasteiger partial charge in [-0.2, -0.15) is 13.2 Å². The lowest BCUT2D eigenvalue weighted by Crippen LogP contribution is -2.38. The van der Waals surface area contributed by atoms with Gasteiger partial charge in [-0.25, -0.2) is 9.97 Å². The SMILES string of the molecule is FC(F)(F)C1CC1N1CCCC(c2cc[nH]c3cnc4nccc4c23)C1. The third kappa shape index (κ3) is 2.57. The fourth-order valence-electron chi connectivity index (χ4n) is 4.52. The molecule has 3 unspecified atom stereocenters. The van der Waals surface area contributed by atoms with Crippen molar-refractivity contribution in [3.05, 3.63) is 36.3 Å². The Balaban J connectivity index is 1.49. The molecule has 136 valence electrons. The Morgan fingerprint density at radius 1 is 1.19 bits per heavy atom. The molecule has 3 aromatic heterocycles. The zero-order chi connectivity index (χ0) is 17.9. The van der Waals surface area contributed by atoms with E-state index in [0.29, 0.717) is 12.2 Å². The highest BCUT2D eigenvalue weighted by molar-refractivity contribution is 6.05. The van der Waals surface area contributed by atoms with Crippen molar-refractivity contribution in [3.8, 4) is 0 Å². The molecule has 26 heavy (non-hydrogen) atoms. The average molecular weight is 360 g/mol. The van der Waals surface area contributed by atoms with Crippen LogP contribution in [0.5, 0.6) is 0 Å². The number of nitrogens with zero attached hydrogens (tertiary/aromatic N) is 3. The van der Waals surface area contributed by atoms with Crippen molar-refractivity contribution in [3.63, 3.8) is 0 Å². The fourth-order valence-corrected chi connectivity index (χ4v) is 4.52. The van der Waals surface area contributed by atoms with Crippen LogP contribution in [0.3, 0.4) is 0 Å². The van der Waals surface area contributed by atoms with E-state index in [4.69, 9.17) is 0 Å². The van der Waals surface area contributed by atoms with Gasteiger partial charge in [0.05, 0.1) is 17.6 Å². The van der Waals surface area contributed by atoms with Gasteiger partial charge in [-0.05, 0) is 49.4 Å². The van der Waals surface area contributed by atoms with Gasteiger partial charge >= 0.3 is 6.18 Å². The number of pyridine rings is 2. The summed E-state index contributed by atoms with van der Waals surface area (Å²) in [6.07, 6.45) is 3.55. The summed E-state index contributed by atoms with van der Waals surface area (Å²) >= 11 is 0. The molecule has 3 atom stereocenters. The van der Waals surface area contributed by atoms with Crippen LogP contribution in [0.15, 0.2) is 30.7 Å². The number of rotatable bonds is 2. The first-order valence-corrected chi connectivity index (χ1v) is 9.04. The number of likely N-dealkylation sites (tertiary alicyclic amines) is 1. The molecule has 5 rings (SSSR count). The second-order valence-corrected chi connectivity index (χ2v) is 7.45. The number of piperidine rings is 1. The molecule has 4 nitrogen and oxygen atoms in total. The summed E-state index contributed by atoms with van der Waals surface area (Å²) in [6.45, 7) is 1.45. The van der Waals surface area contributed by atoms with E-state index in [1.54, 1.807) is 12.4 Å². The first-order valence-electron chi connectivity index (χ1n) is 9.04. The van der Waals surface area contributed by atoms with Crippen molar-refractivity contribution >= 4 is 21.9 Å². The van der Waals surface area contributed by atoms with Gasteiger partial charge in [0.25, 0.3) is 0 Å². The van der Waals surface area contributed by atoms with Gasteiger partial charge in [0.15, 0.2) is 5.65 Å². The Kier molecular flexibility index (Phi) is 3.50. The van der Waals surface area contributed by atoms with Gasteiger partial charge < -0.3 is 4.98 Å². The standard InChI is InChI=1S/C19H19F3N4/c20-19(21,22)14-8-16(14)26-7-1-2-11(10-26)12-3-5-23-15-9-25-18-13(17(12)15)4-6-24-18/h3-6,9,11,14,16,23H,1-2,7-8,10H2. The third-order valence-electron chi connectivity index (χ3n) is 5.86. The zero-order valence-corrected chi connectivity index (χ0v) is 14.1. The quantitative estimate of drug-likeness (QED) is 0.743. The van der Waals surface area contributed by atoms with Crippen LogP contribution < -0.4 is 0 Å². The van der Waals surface area contributed by atoms with Gasteiger partial charge in [-0.15, -0.1) is 0 Å². The van der Waals surface area contributed by atoms with E-state index in [1.807, 2.05) is 12.3 Å². The predicted octanol–water partition coefficient (Wildman–Crippen LogP) is 4.24. The van der Waals surface area contributed by atoms with Crippen molar-refractivity contribution < 1.29 is 13.2 Å². The summed E-state index contributed by atoms with van der Waals surface area (Å²) in [6, 6.07) is 3.70. The van der Waals surface area contributed by atoms with Crippen LogP contribution in [0.25, 0.3) is 21.9 Å². The maximum Gasteiger partial charge on any atom is 0.393 e. The Morgan fingerprint density at radius 2 is 2.08 bits per heavy atom. The summed E-state index contributed by atoms with van der Waals surface area (Å²) in [7, 11) is 0. The summed E-state index contributed by atoms with van der Waals surface area (Å²) in [5.41, 5.74) is 2.85. The number of alkyl halides is 3. The minimum absolute atomic E-state index is 0.232. The highest BCUT2D eigenvalue weighted by Crippen LogP contribution is 2.49. The second-order valence-electron chi connectivity index (χ2n) is 7.45. The van der Waals surface area contributed by atoms with E-state index in [2.05, 4.69) is 25.9 Å². The van der Waals surface area contributed by atoms with Gasteiger partial charge in [-0.3, -0.25) is 4.90 Å². The molecule has 0 bridgehead atoms. The number of aromatic amines is 1. The summed E-state index contributed by atoms with van der Waals surface area (Å²) in [4.78, 5) is 13.9. The van der Waals surface area contributed by atoms with Crippen LogP contribution in [0.2, 0.25) is 0 Å². The topological polar surface area (TPSA) is 44.8 Å². The van der Waals surface area contributed by atoms with Crippen molar-refractivity contribution in [2.45, 2.75) is 37.4 Å².